The number of nitrogens with zero attached hydrogens (tertiary/aromatic N) is 1. The number of allylic oxidation sites excluding steroid dienone is 1. The molecular formula is C23H30ClN3O4. The van der Waals surface area contributed by atoms with Crippen molar-refractivity contribution in [2.24, 2.45) is 23.7 Å². The molecule has 0 spiro atoms. The summed E-state index contributed by atoms with van der Waals surface area (Å²) in [6.07, 6.45) is 5.95. The van der Waals surface area contributed by atoms with E-state index >= 15 is 0 Å². The van der Waals surface area contributed by atoms with Crippen molar-refractivity contribution in [3.05, 3.63) is 41.4 Å². The van der Waals surface area contributed by atoms with E-state index in [4.69, 9.17) is 11.6 Å². The minimum atomic E-state index is -0.772. The summed E-state index contributed by atoms with van der Waals surface area (Å²) in [7, 11) is 1.57. The molecule has 1 aliphatic heterocycles. The fourth-order valence-electron chi connectivity index (χ4n) is 4.88. The summed E-state index contributed by atoms with van der Waals surface area (Å²) in [5.41, 5.74) is 0.471. The second-order valence-electron chi connectivity index (χ2n) is 8.10. The number of halogens is 1. The summed E-state index contributed by atoms with van der Waals surface area (Å²) in [6.45, 7) is 2.20. The lowest BCUT2D eigenvalue weighted by atomic mass is 9.68. The number of nitrogens with one attached hydrogen (secondary N) is 2. The second-order valence-corrected chi connectivity index (χ2v) is 8.51. The van der Waals surface area contributed by atoms with Gasteiger partial charge in [-0.1, -0.05) is 49.2 Å². The third-order valence-electron chi connectivity index (χ3n) is 6.24. The van der Waals surface area contributed by atoms with Crippen LogP contribution < -0.4 is 10.6 Å². The van der Waals surface area contributed by atoms with E-state index < -0.39 is 23.8 Å². The Kier molecular flexibility index (Phi) is 7.73. The van der Waals surface area contributed by atoms with Gasteiger partial charge in [-0.25, -0.2) is 0 Å². The van der Waals surface area contributed by atoms with Gasteiger partial charge in [0.05, 0.1) is 22.5 Å². The van der Waals surface area contributed by atoms with Crippen LogP contribution in [-0.4, -0.2) is 54.0 Å². The van der Waals surface area contributed by atoms with Crippen LogP contribution in [0.5, 0.6) is 0 Å². The number of hydrogen-bond donors (Lipinski definition) is 3. The number of amides is 3. The van der Waals surface area contributed by atoms with Crippen LogP contribution in [0.15, 0.2) is 36.4 Å². The van der Waals surface area contributed by atoms with Crippen LogP contribution in [0.3, 0.4) is 0 Å². The average Bonchev–Trinajstić information content (AvgIpc) is 3.05. The average molecular weight is 448 g/mol. The maximum atomic E-state index is 13.5. The number of carbonyl (C=O) groups is 3. The lowest BCUT2D eigenvalue weighted by Gasteiger charge is -2.34. The van der Waals surface area contributed by atoms with Crippen molar-refractivity contribution in [2.75, 3.05) is 25.5 Å². The van der Waals surface area contributed by atoms with E-state index in [1.807, 2.05) is 19.1 Å². The van der Waals surface area contributed by atoms with Crippen LogP contribution in [0, 0.1) is 23.7 Å². The van der Waals surface area contributed by atoms with Crippen molar-refractivity contribution in [1.82, 2.24) is 10.2 Å². The first-order chi connectivity index (χ1) is 14.9. The van der Waals surface area contributed by atoms with Crippen LogP contribution in [0.1, 0.15) is 26.2 Å². The van der Waals surface area contributed by atoms with Gasteiger partial charge in [-0.3, -0.25) is 14.4 Å². The van der Waals surface area contributed by atoms with Crippen LogP contribution in [-0.2, 0) is 14.4 Å². The second kappa shape index (κ2) is 10.3. The van der Waals surface area contributed by atoms with E-state index in [9.17, 15) is 19.5 Å². The normalized spacial score (nSPS) is 27.2. The Morgan fingerprint density at radius 2 is 1.94 bits per heavy atom. The molecule has 1 aromatic rings. The summed E-state index contributed by atoms with van der Waals surface area (Å²) < 4.78 is 0. The summed E-state index contributed by atoms with van der Waals surface area (Å²) >= 11 is 6.20. The molecule has 7 nitrogen and oxygen atoms in total. The van der Waals surface area contributed by atoms with Crippen molar-refractivity contribution in [3.63, 3.8) is 0 Å². The molecule has 0 radical (unpaired) electrons. The summed E-state index contributed by atoms with van der Waals surface area (Å²) in [5, 5.41) is 15.3. The van der Waals surface area contributed by atoms with Gasteiger partial charge in [-0.2, -0.15) is 0 Å². The summed E-state index contributed by atoms with van der Waals surface area (Å²) in [5.74, 6) is -2.35. The number of hydrogen-bond acceptors (Lipinski definition) is 4. The molecule has 1 aliphatic carbocycles. The minimum Gasteiger partial charge on any atom is -0.396 e. The number of fused-ring (bicyclic) bond motifs is 1. The third kappa shape index (κ3) is 4.62. The standard InChI is InChI=1S/C23H30ClN3O4/c1-3-7-14-10-11-15-19(18(14)21(29)25-2)23(31)27(12-6-13-28)20(15)22(30)26-17-9-5-4-8-16(17)24/h4-5,8-11,14-15,18-20,28H,3,6-7,12-13H2,1-2H3,(H,25,29)(H,26,30)/t14-,15+,18-,19-,20+/m1/s1. The molecule has 1 heterocycles. The lowest BCUT2D eigenvalue weighted by molar-refractivity contribution is -0.140. The number of para-hydroxylation sites is 1. The lowest BCUT2D eigenvalue weighted by Crippen LogP contribution is -2.45. The summed E-state index contributed by atoms with van der Waals surface area (Å²) in [6, 6.07) is 6.15. The van der Waals surface area contributed by atoms with E-state index in [0.717, 1.165) is 12.8 Å². The van der Waals surface area contributed by atoms with Crippen molar-refractivity contribution in [2.45, 2.75) is 32.2 Å². The van der Waals surface area contributed by atoms with Gasteiger partial charge in [0.25, 0.3) is 0 Å². The van der Waals surface area contributed by atoms with Gasteiger partial charge in [-0.05, 0) is 30.9 Å². The predicted molar refractivity (Wildman–Crippen MR) is 119 cm³/mol. The number of benzene rings is 1. The highest BCUT2D eigenvalue weighted by atomic mass is 35.5. The van der Waals surface area contributed by atoms with Gasteiger partial charge < -0.3 is 20.6 Å². The van der Waals surface area contributed by atoms with Crippen LogP contribution in [0.2, 0.25) is 5.02 Å². The van der Waals surface area contributed by atoms with Gasteiger partial charge in [0.1, 0.15) is 6.04 Å². The SMILES string of the molecule is CCC[C@@H]1C=C[C@H]2[C@@H](C(=O)N(CCCO)[C@@H]2C(=O)Nc2ccccc2Cl)[C@@H]1C(=O)NC. The number of anilines is 1. The van der Waals surface area contributed by atoms with Gasteiger partial charge in [0.2, 0.25) is 17.7 Å². The molecule has 0 aromatic heterocycles. The van der Waals surface area contributed by atoms with E-state index in [-0.39, 0.29) is 36.8 Å². The zero-order chi connectivity index (χ0) is 22.5. The molecule has 0 saturated carbocycles. The molecule has 31 heavy (non-hydrogen) atoms. The van der Waals surface area contributed by atoms with Crippen molar-refractivity contribution >= 4 is 35.0 Å². The number of carbonyl (C=O) groups excluding carboxylic acids is 3. The molecule has 1 saturated heterocycles. The van der Waals surface area contributed by atoms with Crippen molar-refractivity contribution < 1.29 is 19.5 Å². The van der Waals surface area contributed by atoms with Gasteiger partial charge in [0, 0.05) is 26.1 Å². The molecule has 3 amide bonds. The molecule has 8 heteroatoms. The quantitative estimate of drug-likeness (QED) is 0.533. The van der Waals surface area contributed by atoms with Crippen molar-refractivity contribution in [3.8, 4) is 0 Å². The van der Waals surface area contributed by atoms with E-state index in [2.05, 4.69) is 10.6 Å². The molecule has 0 unspecified atom stereocenters. The molecule has 168 valence electrons. The monoisotopic (exact) mass is 447 g/mol. The third-order valence-corrected chi connectivity index (χ3v) is 6.57. The van der Waals surface area contributed by atoms with Crippen LogP contribution >= 0.6 is 11.6 Å². The van der Waals surface area contributed by atoms with Gasteiger partial charge in [0.15, 0.2) is 0 Å². The highest BCUT2D eigenvalue weighted by Gasteiger charge is 2.56. The Morgan fingerprint density at radius 3 is 2.58 bits per heavy atom. The first kappa shape index (κ1) is 23.3. The Morgan fingerprint density at radius 1 is 1.19 bits per heavy atom. The summed E-state index contributed by atoms with van der Waals surface area (Å²) in [4.78, 5) is 41.1. The number of aliphatic hydroxyl groups is 1. The molecule has 3 N–H and O–H groups in total. The van der Waals surface area contributed by atoms with E-state index in [1.165, 1.54) is 4.90 Å². The van der Waals surface area contributed by atoms with Crippen molar-refractivity contribution in [1.29, 1.82) is 0 Å². The number of rotatable bonds is 8. The molecular weight excluding hydrogens is 418 g/mol. The Bertz CT molecular complexity index is 859. The maximum Gasteiger partial charge on any atom is 0.247 e. The largest absolute Gasteiger partial charge is 0.396 e. The Hall–Kier alpha value is -2.38. The predicted octanol–water partition coefficient (Wildman–Crippen LogP) is 2.45. The molecule has 5 atom stereocenters. The molecule has 0 bridgehead atoms. The molecule has 2 aliphatic rings. The number of aliphatic hydroxyl groups excluding tert-OH is 1. The van der Waals surface area contributed by atoms with Gasteiger partial charge in [-0.15, -0.1) is 0 Å². The zero-order valence-electron chi connectivity index (χ0n) is 17.9. The molecule has 3 rings (SSSR count). The van der Waals surface area contributed by atoms with E-state index in [0.29, 0.717) is 17.1 Å². The molecule has 1 aromatic carbocycles. The van der Waals surface area contributed by atoms with Gasteiger partial charge >= 0.3 is 0 Å². The minimum absolute atomic E-state index is 0.0554. The van der Waals surface area contributed by atoms with E-state index in [1.54, 1.807) is 31.3 Å². The fraction of sp³-hybridized carbons (Fsp3) is 0.522. The Balaban J connectivity index is 1.97. The highest BCUT2D eigenvalue weighted by molar-refractivity contribution is 6.33. The maximum absolute atomic E-state index is 13.5. The first-order valence-electron chi connectivity index (χ1n) is 10.8. The van der Waals surface area contributed by atoms with Crippen LogP contribution in [0.4, 0.5) is 5.69 Å². The Labute approximate surface area is 187 Å². The first-order valence-corrected chi connectivity index (χ1v) is 11.2. The zero-order valence-corrected chi connectivity index (χ0v) is 18.6. The van der Waals surface area contributed by atoms with Crippen LogP contribution in [0.25, 0.3) is 0 Å². The highest BCUT2D eigenvalue weighted by Crippen LogP contribution is 2.45. The number of likely N-dealkylation sites (tertiary alicyclic amines) is 1. The topological polar surface area (TPSA) is 98.7 Å². The fourth-order valence-corrected chi connectivity index (χ4v) is 5.06. The molecule has 1 fully saturated rings. The smallest absolute Gasteiger partial charge is 0.247 e.